The van der Waals surface area contributed by atoms with Crippen molar-refractivity contribution in [3.63, 3.8) is 0 Å². The lowest BCUT2D eigenvalue weighted by molar-refractivity contribution is 0.0798. The molecule has 86 valence electrons. The number of hydrogen-bond acceptors (Lipinski definition) is 2. The van der Waals surface area contributed by atoms with Gasteiger partial charge < -0.3 is 4.43 Å². The Balaban J connectivity index is 2.90. The number of aromatic nitrogens is 2. The molecule has 0 amide bonds. The smallest absolute Gasteiger partial charge is 0.184 e. The van der Waals surface area contributed by atoms with Crippen LogP contribution in [0.5, 0.6) is 0 Å². The molecule has 4 heteroatoms. The van der Waals surface area contributed by atoms with Gasteiger partial charge in [0.05, 0.1) is 12.3 Å². The van der Waals surface area contributed by atoms with Gasteiger partial charge in [0.25, 0.3) is 0 Å². The molecule has 0 saturated heterocycles. The predicted molar refractivity (Wildman–Crippen MR) is 65.2 cm³/mol. The van der Waals surface area contributed by atoms with Gasteiger partial charge in [-0.15, -0.1) is 0 Å². The molecular weight excluding hydrogens is 204 g/mol. The van der Waals surface area contributed by atoms with E-state index in [-0.39, 0.29) is 11.5 Å². The summed E-state index contributed by atoms with van der Waals surface area (Å²) in [7, 11) is -1.53. The maximum atomic E-state index is 6.23. The maximum Gasteiger partial charge on any atom is 0.184 e. The second-order valence-electron chi connectivity index (χ2n) is 6.01. The van der Waals surface area contributed by atoms with E-state index in [9.17, 15) is 0 Å². The largest absolute Gasteiger partial charge is 0.410 e. The standard InChI is InChI=1S/C11H22N2OSi/c1-11(2,3)10(14-15(4,5)6)9-7-12-13-8-9/h7-8,10H,1-6H3,(H,12,13). The Morgan fingerprint density at radius 1 is 1.33 bits per heavy atom. The van der Waals surface area contributed by atoms with Crippen molar-refractivity contribution in [2.24, 2.45) is 5.41 Å². The molecule has 0 aliphatic heterocycles. The predicted octanol–water partition coefficient (Wildman–Crippen LogP) is 3.35. The van der Waals surface area contributed by atoms with Crippen molar-refractivity contribution in [1.82, 2.24) is 10.2 Å². The third-order valence-corrected chi connectivity index (χ3v) is 3.02. The number of H-pyrrole nitrogens is 1. The summed E-state index contributed by atoms with van der Waals surface area (Å²) in [5.74, 6) is 0. The quantitative estimate of drug-likeness (QED) is 0.803. The molecule has 1 aromatic rings. The SMILES string of the molecule is CC(C)(C)C(O[Si](C)(C)C)c1cn[nH]c1. The first kappa shape index (κ1) is 12.5. The average Bonchev–Trinajstić information content (AvgIpc) is 2.47. The van der Waals surface area contributed by atoms with Gasteiger partial charge in [0.1, 0.15) is 0 Å². The van der Waals surface area contributed by atoms with Crippen LogP contribution < -0.4 is 0 Å². The lowest BCUT2D eigenvalue weighted by Crippen LogP contribution is -2.33. The molecule has 0 radical (unpaired) electrons. The van der Waals surface area contributed by atoms with Crippen LogP contribution >= 0.6 is 0 Å². The lowest BCUT2D eigenvalue weighted by atomic mass is 9.86. The van der Waals surface area contributed by atoms with Crippen molar-refractivity contribution in [2.75, 3.05) is 0 Å². The van der Waals surface area contributed by atoms with Crippen molar-refractivity contribution in [1.29, 1.82) is 0 Å². The van der Waals surface area contributed by atoms with E-state index >= 15 is 0 Å². The van der Waals surface area contributed by atoms with Gasteiger partial charge in [-0.3, -0.25) is 5.10 Å². The number of hydrogen-bond donors (Lipinski definition) is 1. The summed E-state index contributed by atoms with van der Waals surface area (Å²) < 4.78 is 6.23. The van der Waals surface area contributed by atoms with E-state index in [4.69, 9.17) is 4.43 Å². The summed E-state index contributed by atoms with van der Waals surface area (Å²) in [5.41, 5.74) is 1.24. The molecule has 0 fully saturated rings. The fourth-order valence-corrected chi connectivity index (χ4v) is 2.70. The fraction of sp³-hybridized carbons (Fsp3) is 0.727. The van der Waals surface area contributed by atoms with E-state index in [1.165, 1.54) is 0 Å². The highest BCUT2D eigenvalue weighted by Crippen LogP contribution is 2.37. The van der Waals surface area contributed by atoms with Crippen molar-refractivity contribution >= 4 is 8.32 Å². The Labute approximate surface area is 93.4 Å². The summed E-state index contributed by atoms with van der Waals surface area (Å²) in [4.78, 5) is 0. The minimum absolute atomic E-state index is 0.101. The van der Waals surface area contributed by atoms with Gasteiger partial charge in [0.15, 0.2) is 8.32 Å². The molecule has 0 spiro atoms. The molecule has 0 bridgehead atoms. The second-order valence-corrected chi connectivity index (χ2v) is 10.5. The molecule has 0 saturated carbocycles. The van der Waals surface area contributed by atoms with Gasteiger partial charge in [-0.2, -0.15) is 5.10 Å². The summed E-state index contributed by atoms with van der Waals surface area (Å²) in [6.45, 7) is 13.2. The van der Waals surface area contributed by atoms with Crippen LogP contribution in [-0.2, 0) is 4.43 Å². The Morgan fingerprint density at radius 2 is 1.93 bits per heavy atom. The number of nitrogens with one attached hydrogen (secondary N) is 1. The third-order valence-electron chi connectivity index (χ3n) is 2.08. The summed E-state index contributed by atoms with van der Waals surface area (Å²) in [6.07, 6.45) is 3.91. The average molecular weight is 226 g/mol. The Morgan fingerprint density at radius 3 is 2.27 bits per heavy atom. The first-order valence-corrected chi connectivity index (χ1v) is 8.77. The van der Waals surface area contributed by atoms with Gasteiger partial charge in [0, 0.05) is 11.8 Å². The molecular formula is C11H22N2OSi. The fourth-order valence-electron chi connectivity index (χ4n) is 1.50. The molecule has 1 aromatic heterocycles. The van der Waals surface area contributed by atoms with E-state index in [0.717, 1.165) is 5.56 Å². The van der Waals surface area contributed by atoms with E-state index in [1.54, 1.807) is 0 Å². The minimum atomic E-state index is -1.53. The highest BCUT2D eigenvalue weighted by molar-refractivity contribution is 6.69. The Kier molecular flexibility index (Phi) is 3.40. The molecule has 15 heavy (non-hydrogen) atoms. The third kappa shape index (κ3) is 3.79. The van der Waals surface area contributed by atoms with Crippen molar-refractivity contribution in [3.8, 4) is 0 Å². The van der Waals surface area contributed by atoms with Crippen molar-refractivity contribution in [2.45, 2.75) is 46.5 Å². The first-order valence-electron chi connectivity index (χ1n) is 5.37. The number of nitrogens with zero attached hydrogens (tertiary/aromatic N) is 1. The normalized spacial score (nSPS) is 15.3. The zero-order chi connectivity index (χ0) is 11.7. The summed E-state index contributed by atoms with van der Waals surface area (Å²) >= 11 is 0. The van der Waals surface area contributed by atoms with Crippen molar-refractivity contribution < 1.29 is 4.43 Å². The highest BCUT2D eigenvalue weighted by atomic mass is 28.4. The molecule has 0 aromatic carbocycles. The van der Waals surface area contributed by atoms with Crippen LogP contribution in [-0.4, -0.2) is 18.5 Å². The molecule has 3 nitrogen and oxygen atoms in total. The van der Waals surface area contributed by atoms with E-state index in [2.05, 4.69) is 50.6 Å². The van der Waals surface area contributed by atoms with Crippen molar-refractivity contribution in [3.05, 3.63) is 18.0 Å². The maximum absolute atomic E-state index is 6.23. The zero-order valence-electron chi connectivity index (χ0n) is 10.6. The lowest BCUT2D eigenvalue weighted by Gasteiger charge is -2.35. The number of aromatic amines is 1. The molecule has 1 rings (SSSR count). The van der Waals surface area contributed by atoms with Crippen LogP contribution in [0.2, 0.25) is 19.6 Å². The van der Waals surface area contributed by atoms with Crippen LogP contribution in [0.15, 0.2) is 12.4 Å². The van der Waals surface area contributed by atoms with Crippen LogP contribution in [0.3, 0.4) is 0 Å². The summed E-state index contributed by atoms with van der Waals surface area (Å²) in [6, 6.07) is 0. The topological polar surface area (TPSA) is 37.9 Å². The van der Waals surface area contributed by atoms with Crippen LogP contribution in [0, 0.1) is 5.41 Å². The Bertz CT molecular complexity index is 295. The molecule has 1 atom stereocenters. The molecule has 0 aliphatic rings. The van der Waals surface area contributed by atoms with Gasteiger partial charge in [-0.25, -0.2) is 0 Å². The molecule has 1 heterocycles. The Hall–Kier alpha value is -0.613. The second kappa shape index (κ2) is 4.10. The van der Waals surface area contributed by atoms with E-state index in [1.807, 2.05) is 12.4 Å². The van der Waals surface area contributed by atoms with Gasteiger partial charge in [0.2, 0.25) is 0 Å². The van der Waals surface area contributed by atoms with Gasteiger partial charge >= 0.3 is 0 Å². The molecule has 1 unspecified atom stereocenters. The molecule has 1 N–H and O–H groups in total. The van der Waals surface area contributed by atoms with Crippen LogP contribution in [0.25, 0.3) is 0 Å². The number of rotatable bonds is 3. The summed E-state index contributed by atoms with van der Waals surface area (Å²) in [5, 5.41) is 6.85. The zero-order valence-corrected chi connectivity index (χ0v) is 11.6. The minimum Gasteiger partial charge on any atom is -0.410 e. The highest BCUT2D eigenvalue weighted by Gasteiger charge is 2.32. The van der Waals surface area contributed by atoms with E-state index in [0.29, 0.717) is 0 Å². The van der Waals surface area contributed by atoms with Crippen LogP contribution in [0.4, 0.5) is 0 Å². The molecule has 0 aliphatic carbocycles. The monoisotopic (exact) mass is 226 g/mol. The van der Waals surface area contributed by atoms with E-state index < -0.39 is 8.32 Å². The first-order chi connectivity index (χ1) is 6.70. The van der Waals surface area contributed by atoms with Gasteiger partial charge in [-0.1, -0.05) is 20.8 Å². The van der Waals surface area contributed by atoms with Crippen LogP contribution in [0.1, 0.15) is 32.4 Å². The van der Waals surface area contributed by atoms with Gasteiger partial charge in [-0.05, 0) is 25.1 Å².